The number of allylic oxidation sites excluding steroid dienone is 4. The molecular weight excluding hydrogens is 211 g/mol. The first-order chi connectivity index (χ1) is 6.00. The second-order valence-corrected chi connectivity index (χ2v) is 2.10. The molecule has 1 aliphatic rings. The number of carbonyl (C=O) groups is 2. The van der Waals surface area contributed by atoms with Crippen molar-refractivity contribution in [3.8, 4) is 0 Å². The third-order valence-corrected chi connectivity index (χ3v) is 1.33. The quantitative estimate of drug-likeness (QED) is 0.595. The summed E-state index contributed by atoms with van der Waals surface area (Å²) in [5, 5.41) is 0. The van der Waals surface area contributed by atoms with E-state index in [0.717, 1.165) is 0 Å². The van der Waals surface area contributed by atoms with Gasteiger partial charge < -0.3 is 9.59 Å². The van der Waals surface area contributed by atoms with Gasteiger partial charge in [-0.05, 0) is 25.7 Å². The molecule has 0 aromatic rings. The minimum atomic E-state index is 0. The monoisotopic (exact) mass is 227 g/mol. The molecule has 0 saturated carbocycles. The zero-order valence-corrected chi connectivity index (χ0v) is 8.74. The number of carbonyl (C=O) groups excluding carboxylic acids is 2. The third-order valence-electron chi connectivity index (χ3n) is 1.33. The van der Waals surface area contributed by atoms with Crippen LogP contribution >= 0.6 is 0 Å². The molecule has 0 aromatic carbocycles. The van der Waals surface area contributed by atoms with Crippen LogP contribution in [-0.2, 0) is 26.4 Å². The van der Waals surface area contributed by atoms with Crippen LogP contribution in [0.25, 0.3) is 0 Å². The Morgan fingerprint density at radius 3 is 0.923 bits per heavy atom. The summed E-state index contributed by atoms with van der Waals surface area (Å²) < 4.78 is 0. The number of hydrogen-bond donors (Lipinski definition) is 0. The Kier molecular flexibility index (Phi) is 31.5. The molecule has 3 heteroatoms. The third kappa shape index (κ3) is 18.4. The van der Waals surface area contributed by atoms with Crippen molar-refractivity contribution < 1.29 is 26.4 Å². The number of rotatable bonds is 0. The van der Waals surface area contributed by atoms with Gasteiger partial charge in [0.1, 0.15) is 13.6 Å². The van der Waals surface area contributed by atoms with Crippen LogP contribution in [0.5, 0.6) is 0 Å². The minimum absolute atomic E-state index is 0. The largest absolute Gasteiger partial charge is 0.307 e. The van der Waals surface area contributed by atoms with Crippen LogP contribution in [0.3, 0.4) is 0 Å². The summed E-state index contributed by atoms with van der Waals surface area (Å²) in [7, 11) is 0. The van der Waals surface area contributed by atoms with Gasteiger partial charge in [-0.3, -0.25) is 0 Å². The molecule has 77 valence electrons. The van der Waals surface area contributed by atoms with Gasteiger partial charge in [0, 0.05) is 16.8 Å². The van der Waals surface area contributed by atoms with Crippen LogP contribution in [0, 0.1) is 0 Å². The standard InChI is InChI=1S/C8H12.2CH2O.Co/c1-2-4-6-8-7-5-3-1;2*1-2;/h1-2,7-8H,3-6H2;2*1H2;/b2-1-,8-7?;;;. The molecule has 0 amide bonds. The van der Waals surface area contributed by atoms with Gasteiger partial charge in [-0.15, -0.1) is 0 Å². The molecule has 0 N–H and O–H groups in total. The smallest absolute Gasteiger partial charge is 0.106 e. The maximum Gasteiger partial charge on any atom is 0.106 e. The molecule has 13 heavy (non-hydrogen) atoms. The molecule has 1 aliphatic carbocycles. The Labute approximate surface area is 90.3 Å². The molecule has 0 unspecified atom stereocenters. The van der Waals surface area contributed by atoms with Crippen molar-refractivity contribution in [2.45, 2.75) is 25.7 Å². The van der Waals surface area contributed by atoms with Crippen LogP contribution in [0.2, 0.25) is 0 Å². The van der Waals surface area contributed by atoms with Gasteiger partial charge in [0.25, 0.3) is 0 Å². The zero-order chi connectivity index (χ0) is 9.66. The van der Waals surface area contributed by atoms with Gasteiger partial charge in [-0.25, -0.2) is 0 Å². The van der Waals surface area contributed by atoms with Crippen molar-refractivity contribution in [1.29, 1.82) is 0 Å². The van der Waals surface area contributed by atoms with Crippen molar-refractivity contribution in [3.05, 3.63) is 24.3 Å². The van der Waals surface area contributed by atoms with Crippen LogP contribution in [0.1, 0.15) is 25.7 Å². The summed E-state index contributed by atoms with van der Waals surface area (Å²) >= 11 is 0. The van der Waals surface area contributed by atoms with Gasteiger partial charge in [0.2, 0.25) is 0 Å². The zero-order valence-electron chi connectivity index (χ0n) is 7.70. The fraction of sp³-hybridized carbons (Fsp3) is 0.400. The maximum atomic E-state index is 8.00. The van der Waals surface area contributed by atoms with E-state index in [9.17, 15) is 0 Å². The first kappa shape index (κ1) is 18.2. The normalized spacial score (nSPS) is 15.4. The maximum absolute atomic E-state index is 8.00. The van der Waals surface area contributed by atoms with Gasteiger partial charge in [-0.1, -0.05) is 24.3 Å². The summed E-state index contributed by atoms with van der Waals surface area (Å²) in [5.74, 6) is 0. The Balaban J connectivity index is -0.000000178. The molecular formula is C10H16CoO2. The van der Waals surface area contributed by atoms with Gasteiger partial charge in [0.15, 0.2) is 0 Å². The van der Waals surface area contributed by atoms with E-state index in [2.05, 4.69) is 24.3 Å². The molecule has 0 heterocycles. The van der Waals surface area contributed by atoms with Crippen molar-refractivity contribution >= 4 is 13.6 Å². The van der Waals surface area contributed by atoms with Gasteiger partial charge >= 0.3 is 0 Å². The molecule has 0 spiro atoms. The fourth-order valence-corrected chi connectivity index (χ4v) is 0.856. The SMILES string of the molecule is C1=CCC/C=C\CC1.C=O.C=O.[Co]. The van der Waals surface area contributed by atoms with Crippen molar-refractivity contribution in [3.63, 3.8) is 0 Å². The Bertz CT molecular complexity index is 105. The minimum Gasteiger partial charge on any atom is -0.307 e. The van der Waals surface area contributed by atoms with E-state index in [0.29, 0.717) is 0 Å². The Hall–Kier alpha value is -0.674. The summed E-state index contributed by atoms with van der Waals surface area (Å²) in [4.78, 5) is 16.0. The second kappa shape index (κ2) is 22.5. The van der Waals surface area contributed by atoms with E-state index >= 15 is 0 Å². The summed E-state index contributed by atoms with van der Waals surface area (Å²) in [6.45, 7) is 4.00. The molecule has 0 aromatic heterocycles. The molecule has 0 bridgehead atoms. The fourth-order valence-electron chi connectivity index (χ4n) is 0.856. The van der Waals surface area contributed by atoms with Crippen molar-refractivity contribution in [2.75, 3.05) is 0 Å². The molecule has 1 rings (SSSR count). The van der Waals surface area contributed by atoms with Crippen LogP contribution in [-0.4, -0.2) is 13.6 Å². The van der Waals surface area contributed by atoms with Crippen molar-refractivity contribution in [1.82, 2.24) is 0 Å². The van der Waals surface area contributed by atoms with Crippen molar-refractivity contribution in [2.24, 2.45) is 0 Å². The van der Waals surface area contributed by atoms with Gasteiger partial charge in [0.05, 0.1) is 0 Å². The predicted molar refractivity (Wildman–Crippen MR) is 51.0 cm³/mol. The molecule has 0 saturated heterocycles. The van der Waals surface area contributed by atoms with E-state index in [1.165, 1.54) is 25.7 Å². The Morgan fingerprint density at radius 1 is 0.615 bits per heavy atom. The Morgan fingerprint density at radius 2 is 0.769 bits per heavy atom. The van der Waals surface area contributed by atoms with E-state index in [-0.39, 0.29) is 16.8 Å². The summed E-state index contributed by atoms with van der Waals surface area (Å²) in [6, 6.07) is 0. The van der Waals surface area contributed by atoms with E-state index in [1.807, 2.05) is 13.6 Å². The topological polar surface area (TPSA) is 34.1 Å². The number of hydrogen-bond acceptors (Lipinski definition) is 2. The summed E-state index contributed by atoms with van der Waals surface area (Å²) in [6.07, 6.45) is 14.0. The first-order valence-electron chi connectivity index (χ1n) is 3.88. The molecule has 0 fully saturated rings. The second-order valence-electron chi connectivity index (χ2n) is 2.10. The van der Waals surface area contributed by atoms with Crippen LogP contribution in [0.4, 0.5) is 0 Å². The molecule has 0 aliphatic heterocycles. The van der Waals surface area contributed by atoms with Crippen LogP contribution in [0.15, 0.2) is 24.3 Å². The van der Waals surface area contributed by atoms with E-state index in [1.54, 1.807) is 0 Å². The van der Waals surface area contributed by atoms with Gasteiger partial charge in [-0.2, -0.15) is 0 Å². The van der Waals surface area contributed by atoms with E-state index in [4.69, 9.17) is 9.59 Å². The average Bonchev–Trinajstić information content (AvgIpc) is 2.10. The molecule has 1 radical (unpaired) electrons. The molecule has 0 atom stereocenters. The molecule has 2 nitrogen and oxygen atoms in total. The van der Waals surface area contributed by atoms with E-state index < -0.39 is 0 Å². The average molecular weight is 227 g/mol. The predicted octanol–water partition coefficient (Wildman–Crippen LogP) is 2.30. The first-order valence-corrected chi connectivity index (χ1v) is 3.88. The summed E-state index contributed by atoms with van der Waals surface area (Å²) in [5.41, 5.74) is 0. The van der Waals surface area contributed by atoms with Crippen LogP contribution < -0.4 is 0 Å².